The molecule has 0 aliphatic rings. The Kier molecular flexibility index (Phi) is 6.64. The number of ether oxygens (including phenoxy) is 2. The van der Waals surface area contributed by atoms with Crippen LogP contribution in [0.25, 0.3) is 0 Å². The second-order valence-corrected chi connectivity index (χ2v) is 5.48. The van der Waals surface area contributed by atoms with Crippen molar-refractivity contribution >= 4 is 17.9 Å². The fourth-order valence-corrected chi connectivity index (χ4v) is 1.53. The summed E-state index contributed by atoms with van der Waals surface area (Å²) >= 11 is 0. The molecule has 2 N–H and O–H groups in total. The molecule has 0 saturated heterocycles. The van der Waals surface area contributed by atoms with Crippen LogP contribution < -0.4 is 0 Å². The van der Waals surface area contributed by atoms with E-state index in [2.05, 4.69) is 0 Å². The second-order valence-electron chi connectivity index (χ2n) is 5.48. The van der Waals surface area contributed by atoms with E-state index >= 15 is 0 Å². The first-order chi connectivity index (χ1) is 9.02. The predicted molar refractivity (Wildman–Crippen MR) is 69.3 cm³/mol. The maximum Gasteiger partial charge on any atom is 0.337 e. The van der Waals surface area contributed by atoms with Gasteiger partial charge in [0.05, 0.1) is 12.8 Å². The number of rotatable bonds is 8. The molecule has 0 amide bonds. The summed E-state index contributed by atoms with van der Waals surface area (Å²) in [5.41, 5.74) is -2.88. The highest BCUT2D eigenvalue weighted by molar-refractivity contribution is 5.89. The monoisotopic (exact) mass is 290 g/mol. The van der Waals surface area contributed by atoms with Gasteiger partial charge >= 0.3 is 17.9 Å². The predicted octanol–water partition coefficient (Wildman–Crippen LogP) is 1.44. The Morgan fingerprint density at radius 3 is 1.95 bits per heavy atom. The number of hydrogen-bond donors (Lipinski definition) is 2. The van der Waals surface area contributed by atoms with Crippen LogP contribution in [-0.2, 0) is 23.9 Å². The number of hydrogen-bond acceptors (Lipinski definition) is 5. The van der Waals surface area contributed by atoms with Gasteiger partial charge in [-0.15, -0.1) is 0 Å². The molecule has 20 heavy (non-hydrogen) atoms. The van der Waals surface area contributed by atoms with Crippen LogP contribution in [0.5, 0.6) is 0 Å². The minimum Gasteiger partial charge on any atom is -0.481 e. The molecule has 0 aromatic heterocycles. The van der Waals surface area contributed by atoms with E-state index in [0.29, 0.717) is 6.42 Å². The molecule has 0 rings (SSSR count). The highest BCUT2D eigenvalue weighted by atomic mass is 16.6. The zero-order valence-corrected chi connectivity index (χ0v) is 12.3. The summed E-state index contributed by atoms with van der Waals surface area (Å²) in [5, 5.41) is 18.1. The molecule has 0 radical (unpaired) electrons. The fraction of sp³-hybridized carbons (Fsp3) is 0.769. The van der Waals surface area contributed by atoms with Crippen molar-refractivity contribution in [1.29, 1.82) is 0 Å². The maximum atomic E-state index is 11.8. The highest BCUT2D eigenvalue weighted by Crippen LogP contribution is 2.24. The van der Waals surface area contributed by atoms with Crippen molar-refractivity contribution in [1.82, 2.24) is 0 Å². The smallest absolute Gasteiger partial charge is 0.337 e. The van der Waals surface area contributed by atoms with E-state index in [9.17, 15) is 19.5 Å². The van der Waals surface area contributed by atoms with Crippen molar-refractivity contribution in [3.63, 3.8) is 0 Å². The molecule has 0 aliphatic carbocycles. The minimum atomic E-state index is -2.09. The lowest BCUT2D eigenvalue weighted by Crippen LogP contribution is -2.46. The van der Waals surface area contributed by atoms with Gasteiger partial charge in [-0.1, -0.05) is 6.92 Å². The highest BCUT2D eigenvalue weighted by Gasteiger charge is 2.45. The Bertz CT molecular complexity index is 369. The number of carboxylic acid groups (broad SMARTS) is 2. The first-order valence-corrected chi connectivity index (χ1v) is 6.33. The summed E-state index contributed by atoms with van der Waals surface area (Å²) < 4.78 is 10.2. The summed E-state index contributed by atoms with van der Waals surface area (Å²) in [6, 6.07) is 0. The van der Waals surface area contributed by atoms with Gasteiger partial charge in [-0.25, -0.2) is 4.79 Å². The zero-order chi connectivity index (χ0) is 16.0. The Labute approximate surface area is 117 Å². The summed E-state index contributed by atoms with van der Waals surface area (Å²) in [7, 11) is 0. The first-order valence-electron chi connectivity index (χ1n) is 6.33. The third kappa shape index (κ3) is 6.51. The van der Waals surface area contributed by atoms with Crippen LogP contribution in [-0.4, -0.2) is 45.9 Å². The van der Waals surface area contributed by atoms with E-state index < -0.39 is 42.0 Å². The summed E-state index contributed by atoms with van der Waals surface area (Å²) in [4.78, 5) is 34.0. The van der Waals surface area contributed by atoms with E-state index in [0.717, 1.165) is 0 Å². The Balaban J connectivity index is 5.12. The molecule has 0 fully saturated rings. The number of esters is 1. The van der Waals surface area contributed by atoms with E-state index in [1.54, 1.807) is 27.7 Å². The topological polar surface area (TPSA) is 110 Å². The molecule has 0 saturated carbocycles. The number of carboxylic acids is 2. The molecule has 1 atom stereocenters. The van der Waals surface area contributed by atoms with Crippen molar-refractivity contribution in [2.75, 3.05) is 6.61 Å². The number of carbonyl (C=O) groups excluding carboxylic acids is 1. The largest absolute Gasteiger partial charge is 0.481 e. The van der Waals surface area contributed by atoms with Gasteiger partial charge in [0.1, 0.15) is 5.60 Å². The van der Waals surface area contributed by atoms with Gasteiger partial charge in [-0.05, 0) is 27.2 Å². The average Bonchev–Trinajstić information content (AvgIpc) is 2.21. The molecular formula is C13H22O7. The van der Waals surface area contributed by atoms with Gasteiger partial charge in [0.25, 0.3) is 0 Å². The molecule has 0 heterocycles. The van der Waals surface area contributed by atoms with Gasteiger partial charge in [-0.3, -0.25) is 9.59 Å². The summed E-state index contributed by atoms with van der Waals surface area (Å²) in [6.45, 7) is 6.70. The molecule has 0 bridgehead atoms. The van der Waals surface area contributed by atoms with E-state index in [1.807, 2.05) is 0 Å². The molecule has 1 unspecified atom stereocenters. The van der Waals surface area contributed by atoms with Crippen molar-refractivity contribution in [3.8, 4) is 0 Å². The lowest BCUT2D eigenvalue weighted by atomic mass is 9.95. The third-order valence-corrected chi connectivity index (χ3v) is 2.26. The van der Waals surface area contributed by atoms with Gasteiger partial charge in [-0.2, -0.15) is 0 Å². The standard InChI is InChI=1S/C13H22O7/c1-5-6-19-13(11(17)18,7-9(14)15)8-10(16)20-12(2,3)4/h5-8H2,1-4H3,(H,14,15)(H,17,18). The van der Waals surface area contributed by atoms with E-state index in [1.165, 1.54) is 0 Å². The van der Waals surface area contributed by atoms with Crippen molar-refractivity contribution in [2.45, 2.75) is 58.2 Å². The summed E-state index contributed by atoms with van der Waals surface area (Å²) in [5.74, 6) is -3.65. The van der Waals surface area contributed by atoms with Crippen LogP contribution in [0.3, 0.4) is 0 Å². The average molecular weight is 290 g/mol. The molecule has 0 spiro atoms. The van der Waals surface area contributed by atoms with Gasteiger partial charge in [0, 0.05) is 6.61 Å². The van der Waals surface area contributed by atoms with Crippen LogP contribution in [0.4, 0.5) is 0 Å². The SMILES string of the molecule is CCCOC(CC(=O)O)(CC(=O)OC(C)(C)C)C(=O)O. The molecule has 116 valence electrons. The van der Waals surface area contributed by atoms with Crippen LogP contribution in [0.2, 0.25) is 0 Å². The molecule has 0 aliphatic heterocycles. The molecule has 0 aromatic carbocycles. The molecule has 0 aromatic rings. The summed E-state index contributed by atoms with van der Waals surface area (Å²) in [6.07, 6.45) is -0.948. The first kappa shape index (κ1) is 18.4. The maximum absolute atomic E-state index is 11.8. The van der Waals surface area contributed by atoms with Crippen LogP contribution in [0, 0.1) is 0 Å². The quantitative estimate of drug-likeness (QED) is 0.651. The van der Waals surface area contributed by atoms with Crippen molar-refractivity contribution in [2.24, 2.45) is 0 Å². The normalized spacial score (nSPS) is 14.4. The van der Waals surface area contributed by atoms with Gasteiger partial charge in [0.2, 0.25) is 0 Å². The Morgan fingerprint density at radius 2 is 1.60 bits per heavy atom. The minimum absolute atomic E-state index is 0.0440. The van der Waals surface area contributed by atoms with Gasteiger partial charge < -0.3 is 19.7 Å². The van der Waals surface area contributed by atoms with Gasteiger partial charge in [0.15, 0.2) is 5.60 Å². The Morgan fingerprint density at radius 1 is 1.05 bits per heavy atom. The Hall–Kier alpha value is -1.63. The molecule has 7 nitrogen and oxygen atoms in total. The lowest BCUT2D eigenvalue weighted by molar-refractivity contribution is -0.183. The van der Waals surface area contributed by atoms with Crippen LogP contribution in [0.1, 0.15) is 47.0 Å². The van der Waals surface area contributed by atoms with E-state index in [-0.39, 0.29) is 6.61 Å². The van der Waals surface area contributed by atoms with Crippen LogP contribution in [0.15, 0.2) is 0 Å². The van der Waals surface area contributed by atoms with Crippen molar-refractivity contribution in [3.05, 3.63) is 0 Å². The lowest BCUT2D eigenvalue weighted by Gasteiger charge is -2.29. The fourth-order valence-electron chi connectivity index (χ4n) is 1.53. The number of aliphatic carboxylic acids is 2. The number of carbonyl (C=O) groups is 3. The molecule has 7 heteroatoms. The molecular weight excluding hydrogens is 268 g/mol. The van der Waals surface area contributed by atoms with Crippen LogP contribution >= 0.6 is 0 Å². The van der Waals surface area contributed by atoms with E-state index in [4.69, 9.17) is 14.6 Å². The zero-order valence-electron chi connectivity index (χ0n) is 12.3. The van der Waals surface area contributed by atoms with Crippen molar-refractivity contribution < 1.29 is 34.1 Å². The third-order valence-electron chi connectivity index (χ3n) is 2.26. The second kappa shape index (κ2) is 7.23.